The van der Waals surface area contributed by atoms with Gasteiger partial charge in [-0.2, -0.15) is 4.57 Å². The first-order valence-electron chi connectivity index (χ1n) is 6.20. The summed E-state index contributed by atoms with van der Waals surface area (Å²) in [5, 5.41) is 0. The van der Waals surface area contributed by atoms with Crippen LogP contribution < -0.4 is 4.57 Å². The molecule has 0 atom stereocenters. The van der Waals surface area contributed by atoms with Crippen LogP contribution in [0.1, 0.15) is 19.9 Å². The van der Waals surface area contributed by atoms with Gasteiger partial charge < -0.3 is 0 Å². The molecule has 0 unspecified atom stereocenters. The zero-order chi connectivity index (χ0) is 12.5. The molecule has 0 radical (unpaired) electrons. The van der Waals surface area contributed by atoms with Crippen LogP contribution in [-0.4, -0.2) is 9.55 Å². The fourth-order valence-corrected chi connectivity index (χ4v) is 2.21. The normalized spacial score (nSPS) is 11.3. The highest BCUT2D eigenvalue weighted by Gasteiger charge is 2.18. The second kappa shape index (κ2) is 4.26. The number of hydrogen-bond acceptors (Lipinski definition) is 1. The van der Waals surface area contributed by atoms with Crippen molar-refractivity contribution in [3.05, 3.63) is 55.0 Å². The van der Waals surface area contributed by atoms with Crippen molar-refractivity contribution in [2.45, 2.75) is 19.9 Å². The number of pyridine rings is 1. The Labute approximate surface area is 106 Å². The molecule has 0 bridgehead atoms. The van der Waals surface area contributed by atoms with Crippen LogP contribution in [0.5, 0.6) is 0 Å². The minimum atomic E-state index is 0.418. The van der Waals surface area contributed by atoms with E-state index in [-0.39, 0.29) is 0 Å². The molecule has 18 heavy (non-hydrogen) atoms. The molecule has 3 heteroatoms. The SMILES string of the molecule is CC(C)n1c[n+](-c2ccccc2)c2ncccc21. The van der Waals surface area contributed by atoms with Crippen LogP contribution in [0.3, 0.4) is 0 Å². The maximum Gasteiger partial charge on any atom is 0.306 e. The first-order chi connectivity index (χ1) is 8.77. The van der Waals surface area contributed by atoms with Crippen LogP contribution in [-0.2, 0) is 0 Å². The lowest BCUT2D eigenvalue weighted by Crippen LogP contribution is -2.29. The zero-order valence-electron chi connectivity index (χ0n) is 10.6. The molecule has 0 amide bonds. The zero-order valence-corrected chi connectivity index (χ0v) is 10.6. The number of imidazole rings is 1. The number of fused-ring (bicyclic) bond motifs is 1. The fraction of sp³-hybridized carbons (Fsp3) is 0.200. The van der Waals surface area contributed by atoms with E-state index in [1.54, 1.807) is 0 Å². The summed E-state index contributed by atoms with van der Waals surface area (Å²) in [6.07, 6.45) is 3.96. The van der Waals surface area contributed by atoms with Crippen LogP contribution in [0.4, 0.5) is 0 Å². The molecular weight excluding hydrogens is 222 g/mol. The van der Waals surface area contributed by atoms with Crippen molar-refractivity contribution < 1.29 is 4.57 Å². The molecule has 0 saturated heterocycles. The Morgan fingerprint density at radius 3 is 2.56 bits per heavy atom. The van der Waals surface area contributed by atoms with Gasteiger partial charge in [0.25, 0.3) is 0 Å². The standard InChI is InChI=1S/C15H16N3/c1-12(2)17-11-18(13-7-4-3-5-8-13)15-14(17)9-6-10-16-15/h3-12H,1-2H3/q+1. The largest absolute Gasteiger partial charge is 0.306 e. The number of nitrogens with zero attached hydrogens (tertiary/aromatic N) is 3. The molecule has 0 aliphatic rings. The quantitative estimate of drug-likeness (QED) is 0.629. The van der Waals surface area contributed by atoms with E-state index in [2.05, 4.69) is 52.5 Å². The maximum absolute atomic E-state index is 4.50. The van der Waals surface area contributed by atoms with Crippen molar-refractivity contribution in [1.29, 1.82) is 0 Å². The van der Waals surface area contributed by atoms with E-state index in [4.69, 9.17) is 0 Å². The second-order valence-corrected chi connectivity index (χ2v) is 4.67. The van der Waals surface area contributed by atoms with Gasteiger partial charge >= 0.3 is 5.65 Å². The van der Waals surface area contributed by atoms with Gasteiger partial charge in [0.2, 0.25) is 0 Å². The third kappa shape index (κ3) is 1.68. The Morgan fingerprint density at radius 1 is 1.06 bits per heavy atom. The average Bonchev–Trinajstić information content (AvgIpc) is 2.79. The highest BCUT2D eigenvalue weighted by atomic mass is 15.2. The van der Waals surface area contributed by atoms with Gasteiger partial charge in [-0.05, 0) is 38.1 Å². The third-order valence-electron chi connectivity index (χ3n) is 3.10. The smallest absolute Gasteiger partial charge is 0.257 e. The van der Waals surface area contributed by atoms with Crippen molar-refractivity contribution >= 4 is 11.2 Å². The molecule has 0 fully saturated rings. The Balaban J connectivity index is 2.31. The first kappa shape index (κ1) is 11.0. The lowest BCUT2D eigenvalue weighted by molar-refractivity contribution is -0.570. The molecule has 0 spiro atoms. The fourth-order valence-electron chi connectivity index (χ4n) is 2.21. The molecule has 3 aromatic rings. The van der Waals surface area contributed by atoms with Crippen molar-refractivity contribution in [3.63, 3.8) is 0 Å². The van der Waals surface area contributed by atoms with E-state index < -0.39 is 0 Å². The molecule has 1 aromatic carbocycles. The van der Waals surface area contributed by atoms with Crippen LogP contribution >= 0.6 is 0 Å². The maximum atomic E-state index is 4.50. The summed E-state index contributed by atoms with van der Waals surface area (Å²) in [4.78, 5) is 4.50. The molecular formula is C15H16N3+. The Morgan fingerprint density at radius 2 is 1.83 bits per heavy atom. The predicted octanol–water partition coefficient (Wildman–Crippen LogP) is 2.89. The van der Waals surface area contributed by atoms with Crippen LogP contribution in [0.2, 0.25) is 0 Å². The van der Waals surface area contributed by atoms with Crippen molar-refractivity contribution in [1.82, 2.24) is 9.55 Å². The lowest BCUT2D eigenvalue weighted by atomic mass is 10.3. The van der Waals surface area contributed by atoms with Gasteiger partial charge in [-0.15, -0.1) is 4.98 Å². The summed E-state index contributed by atoms with van der Waals surface area (Å²) in [5.41, 5.74) is 3.30. The van der Waals surface area contributed by atoms with Crippen LogP contribution in [0, 0.1) is 0 Å². The Hall–Kier alpha value is -2.16. The highest BCUT2D eigenvalue weighted by molar-refractivity contribution is 5.67. The van der Waals surface area contributed by atoms with E-state index in [0.717, 1.165) is 16.9 Å². The molecule has 2 heterocycles. The third-order valence-corrected chi connectivity index (χ3v) is 3.10. The van der Waals surface area contributed by atoms with Gasteiger partial charge in [0.1, 0.15) is 11.9 Å². The monoisotopic (exact) mass is 238 g/mol. The van der Waals surface area contributed by atoms with Gasteiger partial charge in [0.05, 0.1) is 6.04 Å². The van der Waals surface area contributed by atoms with Gasteiger partial charge in [-0.3, -0.25) is 4.57 Å². The summed E-state index contributed by atoms with van der Waals surface area (Å²) in [6.45, 7) is 4.36. The van der Waals surface area contributed by atoms with Crippen molar-refractivity contribution in [3.8, 4) is 5.69 Å². The van der Waals surface area contributed by atoms with E-state index >= 15 is 0 Å². The van der Waals surface area contributed by atoms with E-state index in [9.17, 15) is 0 Å². The van der Waals surface area contributed by atoms with Gasteiger partial charge in [0.15, 0.2) is 11.8 Å². The molecule has 0 saturated carbocycles. The predicted molar refractivity (Wildman–Crippen MR) is 71.7 cm³/mol. The topological polar surface area (TPSA) is 21.7 Å². The van der Waals surface area contributed by atoms with Crippen LogP contribution in [0.25, 0.3) is 16.9 Å². The number of rotatable bonds is 2. The average molecular weight is 238 g/mol. The highest BCUT2D eigenvalue weighted by Crippen LogP contribution is 2.15. The molecule has 2 aromatic heterocycles. The summed E-state index contributed by atoms with van der Waals surface area (Å²) < 4.78 is 4.38. The minimum absolute atomic E-state index is 0.418. The molecule has 3 nitrogen and oxygen atoms in total. The number of para-hydroxylation sites is 1. The lowest BCUT2D eigenvalue weighted by Gasteiger charge is -2.01. The number of aromatic nitrogens is 3. The van der Waals surface area contributed by atoms with E-state index in [0.29, 0.717) is 6.04 Å². The summed E-state index contributed by atoms with van der Waals surface area (Å²) >= 11 is 0. The Kier molecular flexibility index (Phi) is 2.59. The van der Waals surface area contributed by atoms with Gasteiger partial charge in [-0.25, -0.2) is 0 Å². The molecule has 0 aliphatic carbocycles. The summed E-state index contributed by atoms with van der Waals surface area (Å²) in [5.74, 6) is 0. The van der Waals surface area contributed by atoms with Crippen molar-refractivity contribution in [2.75, 3.05) is 0 Å². The van der Waals surface area contributed by atoms with Gasteiger partial charge in [0, 0.05) is 0 Å². The molecule has 0 N–H and O–H groups in total. The number of benzene rings is 1. The van der Waals surface area contributed by atoms with E-state index in [1.807, 2.05) is 30.5 Å². The first-order valence-corrected chi connectivity index (χ1v) is 6.20. The Bertz CT molecular complexity index is 669. The number of hydrogen-bond donors (Lipinski definition) is 0. The molecule has 90 valence electrons. The summed E-state index contributed by atoms with van der Waals surface area (Å²) in [7, 11) is 0. The van der Waals surface area contributed by atoms with Crippen LogP contribution in [0.15, 0.2) is 55.0 Å². The van der Waals surface area contributed by atoms with Gasteiger partial charge in [-0.1, -0.05) is 18.2 Å². The summed E-state index contributed by atoms with van der Waals surface area (Å²) in [6, 6.07) is 14.8. The van der Waals surface area contributed by atoms with E-state index in [1.165, 1.54) is 0 Å². The molecule has 0 aliphatic heterocycles. The molecule has 3 rings (SSSR count). The second-order valence-electron chi connectivity index (χ2n) is 4.67. The van der Waals surface area contributed by atoms with Crippen molar-refractivity contribution in [2.24, 2.45) is 0 Å². The minimum Gasteiger partial charge on any atom is -0.257 e.